The average Bonchev–Trinajstić information content (AvgIpc) is 2.98. The summed E-state index contributed by atoms with van der Waals surface area (Å²) < 4.78 is 6.73. The number of amides is 1. The zero-order chi connectivity index (χ0) is 23.4. The zero-order valence-electron chi connectivity index (χ0n) is 18.3. The first-order chi connectivity index (χ1) is 15.2. The van der Waals surface area contributed by atoms with Crippen molar-refractivity contribution >= 4 is 23.3 Å². The summed E-state index contributed by atoms with van der Waals surface area (Å²) in [6.07, 6.45) is -1.20. The van der Waals surface area contributed by atoms with Crippen molar-refractivity contribution in [1.29, 1.82) is 0 Å². The molecule has 0 radical (unpaired) electrons. The number of nitrogens with zero attached hydrogens (tertiary/aromatic N) is 3. The maximum Gasteiger partial charge on any atom is 0.328 e. The lowest BCUT2D eigenvalue weighted by Gasteiger charge is -2.18. The van der Waals surface area contributed by atoms with Crippen LogP contribution in [-0.2, 0) is 20.9 Å². The van der Waals surface area contributed by atoms with Crippen molar-refractivity contribution in [2.75, 3.05) is 5.32 Å². The van der Waals surface area contributed by atoms with E-state index in [0.717, 1.165) is 11.1 Å². The first kappa shape index (κ1) is 22.7. The van der Waals surface area contributed by atoms with E-state index in [2.05, 4.69) is 10.4 Å². The molecule has 0 aliphatic rings. The summed E-state index contributed by atoms with van der Waals surface area (Å²) in [5, 5.41) is 18.1. The number of benzene rings is 2. The number of nitrogens with one attached hydrogen (secondary N) is 1. The number of aryl methyl sites for hydroxylation is 3. The molecule has 0 aliphatic carbocycles. The topological polar surface area (TPSA) is 116 Å². The van der Waals surface area contributed by atoms with E-state index in [9.17, 15) is 19.7 Å². The fourth-order valence-electron chi connectivity index (χ4n) is 3.55. The summed E-state index contributed by atoms with van der Waals surface area (Å²) >= 11 is 0. The van der Waals surface area contributed by atoms with Crippen molar-refractivity contribution in [3.63, 3.8) is 0 Å². The van der Waals surface area contributed by atoms with E-state index in [4.69, 9.17) is 4.74 Å². The minimum Gasteiger partial charge on any atom is -0.446 e. The lowest BCUT2D eigenvalue weighted by atomic mass is 10.1. The number of anilines is 1. The van der Waals surface area contributed by atoms with Gasteiger partial charge in [0.25, 0.3) is 5.91 Å². The van der Waals surface area contributed by atoms with Crippen LogP contribution < -0.4 is 5.32 Å². The molecule has 0 saturated heterocycles. The van der Waals surface area contributed by atoms with Gasteiger partial charge in [0.15, 0.2) is 0 Å². The summed E-state index contributed by atoms with van der Waals surface area (Å²) in [6.45, 7) is 6.49. The van der Waals surface area contributed by atoms with Crippen molar-refractivity contribution < 1.29 is 19.2 Å². The highest BCUT2D eigenvalue weighted by Gasteiger charge is 2.27. The Bertz CT molecular complexity index is 1150. The minimum atomic E-state index is -1.20. The molecule has 1 atom stereocenters. The van der Waals surface area contributed by atoms with Gasteiger partial charge < -0.3 is 10.1 Å². The molecular weight excluding hydrogens is 412 g/mol. The second kappa shape index (κ2) is 9.42. The molecule has 3 aromatic rings. The molecule has 0 unspecified atom stereocenters. The molecular formula is C23H24N4O5. The van der Waals surface area contributed by atoms with Gasteiger partial charge in [-0.05, 0) is 51.0 Å². The second-order valence-corrected chi connectivity index (χ2v) is 7.58. The van der Waals surface area contributed by atoms with Crippen molar-refractivity contribution in [2.45, 2.75) is 40.3 Å². The van der Waals surface area contributed by atoms with Crippen LogP contribution in [-0.4, -0.2) is 26.6 Å². The predicted molar refractivity (Wildman–Crippen MR) is 118 cm³/mol. The fraction of sp³-hybridized carbons (Fsp3) is 0.261. The Labute approximate surface area is 185 Å². The molecule has 1 amide bonds. The van der Waals surface area contributed by atoms with Crippen LogP contribution in [0, 0.1) is 37.8 Å². The molecule has 32 heavy (non-hydrogen) atoms. The molecule has 9 heteroatoms. The predicted octanol–water partition coefficient (Wildman–Crippen LogP) is 3.95. The quantitative estimate of drug-likeness (QED) is 0.341. The molecule has 0 fully saturated rings. The molecule has 9 nitrogen and oxygen atoms in total. The van der Waals surface area contributed by atoms with Crippen LogP contribution >= 0.6 is 0 Å². The smallest absolute Gasteiger partial charge is 0.328 e. The molecule has 0 spiro atoms. The standard InChI is InChI=1S/C23H24N4O5/c1-14-10-15(2)12-19(11-14)24-23(29)22(18-8-6-5-7-9-18)32-20(28)13-26-17(4)21(27(30)31)16(3)25-26/h5-12,22H,13H2,1-4H3,(H,24,29)/t22-/m1/s1. The summed E-state index contributed by atoms with van der Waals surface area (Å²) in [6, 6.07) is 14.3. The monoisotopic (exact) mass is 436 g/mol. The first-order valence-corrected chi connectivity index (χ1v) is 9.97. The number of hydrogen-bond donors (Lipinski definition) is 1. The third-order valence-corrected chi connectivity index (χ3v) is 4.88. The van der Waals surface area contributed by atoms with Crippen LogP contribution in [0.3, 0.4) is 0 Å². The molecule has 3 rings (SSSR count). The molecule has 2 aromatic carbocycles. The number of aromatic nitrogens is 2. The highest BCUT2D eigenvalue weighted by molar-refractivity contribution is 5.96. The second-order valence-electron chi connectivity index (χ2n) is 7.58. The van der Waals surface area contributed by atoms with Gasteiger partial charge in [0.1, 0.15) is 17.9 Å². The third-order valence-electron chi connectivity index (χ3n) is 4.88. The highest BCUT2D eigenvalue weighted by Crippen LogP contribution is 2.24. The van der Waals surface area contributed by atoms with E-state index >= 15 is 0 Å². The largest absolute Gasteiger partial charge is 0.446 e. The van der Waals surface area contributed by atoms with Gasteiger partial charge in [-0.15, -0.1) is 0 Å². The Morgan fingerprint density at radius 1 is 1.09 bits per heavy atom. The molecule has 0 bridgehead atoms. The van der Waals surface area contributed by atoms with Gasteiger partial charge in [-0.2, -0.15) is 5.10 Å². The number of esters is 1. The molecule has 0 aliphatic heterocycles. The highest BCUT2D eigenvalue weighted by atomic mass is 16.6. The lowest BCUT2D eigenvalue weighted by Crippen LogP contribution is -2.27. The van der Waals surface area contributed by atoms with Gasteiger partial charge in [0.05, 0.1) is 4.92 Å². The fourth-order valence-corrected chi connectivity index (χ4v) is 3.55. The Morgan fingerprint density at radius 2 is 1.72 bits per heavy atom. The number of hydrogen-bond acceptors (Lipinski definition) is 6. The van der Waals surface area contributed by atoms with Gasteiger partial charge in [-0.3, -0.25) is 24.4 Å². The molecule has 1 N–H and O–H groups in total. The SMILES string of the molecule is Cc1cc(C)cc(NC(=O)[C@H](OC(=O)Cn2nc(C)c([N+](=O)[O-])c2C)c2ccccc2)c1. The van der Waals surface area contributed by atoms with E-state index in [1.54, 1.807) is 30.3 Å². The van der Waals surface area contributed by atoms with E-state index in [0.29, 0.717) is 11.3 Å². The normalized spacial score (nSPS) is 11.6. The van der Waals surface area contributed by atoms with Gasteiger partial charge in [0.2, 0.25) is 6.10 Å². The van der Waals surface area contributed by atoms with Crippen molar-refractivity contribution in [1.82, 2.24) is 9.78 Å². The van der Waals surface area contributed by atoms with Crippen LogP contribution in [0.5, 0.6) is 0 Å². The summed E-state index contributed by atoms with van der Waals surface area (Å²) in [4.78, 5) is 36.4. The Hall–Kier alpha value is -4.01. The molecule has 1 heterocycles. The average molecular weight is 436 g/mol. The van der Waals surface area contributed by atoms with Gasteiger partial charge in [-0.25, -0.2) is 0 Å². The van der Waals surface area contributed by atoms with E-state index in [1.165, 1.54) is 18.5 Å². The van der Waals surface area contributed by atoms with Crippen LogP contribution in [0.25, 0.3) is 0 Å². The van der Waals surface area contributed by atoms with Crippen molar-refractivity contribution in [2.24, 2.45) is 0 Å². The number of rotatable bonds is 7. The summed E-state index contributed by atoms with van der Waals surface area (Å²) in [5.41, 5.74) is 3.36. The van der Waals surface area contributed by atoms with Crippen LogP contribution in [0.15, 0.2) is 48.5 Å². The molecule has 1 aromatic heterocycles. The van der Waals surface area contributed by atoms with Crippen molar-refractivity contribution in [3.05, 3.63) is 86.7 Å². The van der Waals surface area contributed by atoms with Crippen LogP contribution in [0.2, 0.25) is 0 Å². The zero-order valence-corrected chi connectivity index (χ0v) is 18.3. The minimum absolute atomic E-state index is 0.148. The molecule has 166 valence electrons. The van der Waals surface area contributed by atoms with Crippen molar-refractivity contribution in [3.8, 4) is 0 Å². The van der Waals surface area contributed by atoms with Crippen LogP contribution in [0.1, 0.15) is 34.2 Å². The molecule has 0 saturated carbocycles. The van der Waals surface area contributed by atoms with Gasteiger partial charge >= 0.3 is 11.7 Å². The Morgan fingerprint density at radius 3 is 2.28 bits per heavy atom. The summed E-state index contributed by atoms with van der Waals surface area (Å²) in [5.74, 6) is -1.25. The van der Waals surface area contributed by atoms with E-state index < -0.39 is 22.9 Å². The van der Waals surface area contributed by atoms with Gasteiger partial charge in [-0.1, -0.05) is 36.4 Å². The summed E-state index contributed by atoms with van der Waals surface area (Å²) in [7, 11) is 0. The van der Waals surface area contributed by atoms with E-state index in [-0.39, 0.29) is 23.6 Å². The van der Waals surface area contributed by atoms with Gasteiger partial charge in [0, 0.05) is 11.3 Å². The number of carbonyl (C=O) groups is 2. The number of nitro groups is 1. The number of carbonyl (C=O) groups excluding carboxylic acids is 2. The Kier molecular flexibility index (Phi) is 6.67. The first-order valence-electron chi connectivity index (χ1n) is 9.97. The van der Waals surface area contributed by atoms with E-state index in [1.807, 2.05) is 32.0 Å². The maximum absolute atomic E-state index is 13.0. The number of ether oxygens (including phenoxy) is 1. The lowest BCUT2D eigenvalue weighted by molar-refractivity contribution is -0.386. The Balaban J connectivity index is 1.82. The van der Waals surface area contributed by atoms with Crippen LogP contribution in [0.4, 0.5) is 11.4 Å². The third kappa shape index (κ3) is 5.18. The maximum atomic E-state index is 13.0.